The molecule has 1 saturated carbocycles. The van der Waals surface area contributed by atoms with E-state index in [0.717, 1.165) is 37.6 Å². The monoisotopic (exact) mass is 261 g/mol. The van der Waals surface area contributed by atoms with Crippen LogP contribution < -0.4 is 5.32 Å². The molecule has 1 atom stereocenters. The Morgan fingerprint density at radius 1 is 1.37 bits per heavy atom. The van der Waals surface area contributed by atoms with Gasteiger partial charge in [-0.1, -0.05) is 0 Å². The van der Waals surface area contributed by atoms with Gasteiger partial charge in [0, 0.05) is 30.8 Å². The van der Waals surface area contributed by atoms with Crippen molar-refractivity contribution in [2.24, 2.45) is 0 Å². The van der Waals surface area contributed by atoms with Crippen LogP contribution in [0.1, 0.15) is 63.4 Å². The fraction of sp³-hybridized carbons (Fsp3) is 0.733. The number of rotatable bonds is 4. The minimum atomic E-state index is -0.298. The van der Waals surface area contributed by atoms with Crippen LogP contribution in [0.2, 0.25) is 0 Å². The molecule has 3 rings (SSSR count). The van der Waals surface area contributed by atoms with Crippen LogP contribution in [-0.2, 0) is 10.3 Å². The number of ether oxygens (including phenoxy) is 1. The van der Waals surface area contributed by atoms with Crippen molar-refractivity contribution in [3.63, 3.8) is 0 Å². The molecule has 104 valence electrons. The van der Waals surface area contributed by atoms with Crippen LogP contribution in [0.3, 0.4) is 0 Å². The Hall–Kier alpha value is -1.16. The maximum atomic E-state index is 5.99. The summed E-state index contributed by atoms with van der Waals surface area (Å²) in [6.07, 6.45) is 5.90. The molecule has 0 amide bonds. The molecule has 1 N–H and O–H groups in total. The second-order valence-corrected chi connectivity index (χ2v) is 5.84. The summed E-state index contributed by atoms with van der Waals surface area (Å²) in [5, 5.41) is 3.32. The lowest BCUT2D eigenvalue weighted by Crippen LogP contribution is -2.32. The second-order valence-electron chi connectivity index (χ2n) is 5.84. The predicted molar refractivity (Wildman–Crippen MR) is 75.3 cm³/mol. The van der Waals surface area contributed by atoms with Crippen molar-refractivity contribution in [2.75, 3.05) is 18.5 Å². The van der Waals surface area contributed by atoms with E-state index in [1.807, 2.05) is 0 Å². The number of hydrogen-bond donors (Lipinski definition) is 1. The minimum absolute atomic E-state index is 0.298. The first-order valence-electron chi connectivity index (χ1n) is 7.48. The standard InChI is InChI=1S/C15H23N3O/c1-3-16-13-10-12(11-6-7-11)17-14(18-13)15(2)8-4-5-9-19-15/h10-11H,3-9H2,1-2H3,(H,16,17,18). The zero-order valence-electron chi connectivity index (χ0n) is 11.9. The molecule has 2 fully saturated rings. The van der Waals surface area contributed by atoms with Crippen LogP contribution in [0.25, 0.3) is 0 Å². The molecule has 19 heavy (non-hydrogen) atoms. The molecule has 0 radical (unpaired) electrons. The number of hydrogen-bond acceptors (Lipinski definition) is 4. The summed E-state index contributed by atoms with van der Waals surface area (Å²) in [5.74, 6) is 2.46. The van der Waals surface area contributed by atoms with Crippen molar-refractivity contribution in [1.82, 2.24) is 9.97 Å². The molecular weight excluding hydrogens is 238 g/mol. The van der Waals surface area contributed by atoms with E-state index in [1.54, 1.807) is 0 Å². The molecule has 0 spiro atoms. The summed E-state index contributed by atoms with van der Waals surface area (Å²) < 4.78 is 5.99. The van der Waals surface area contributed by atoms with Crippen LogP contribution >= 0.6 is 0 Å². The van der Waals surface area contributed by atoms with Gasteiger partial charge in [0.1, 0.15) is 11.4 Å². The first-order chi connectivity index (χ1) is 9.21. The van der Waals surface area contributed by atoms with Gasteiger partial charge in [0.15, 0.2) is 5.82 Å². The third-order valence-electron chi connectivity index (χ3n) is 4.04. The Labute approximate surface area is 115 Å². The summed E-state index contributed by atoms with van der Waals surface area (Å²) in [7, 11) is 0. The van der Waals surface area contributed by atoms with E-state index in [-0.39, 0.29) is 5.60 Å². The summed E-state index contributed by atoms with van der Waals surface area (Å²) in [6, 6.07) is 2.11. The molecule has 4 nitrogen and oxygen atoms in total. The molecule has 2 heterocycles. The fourth-order valence-corrected chi connectivity index (χ4v) is 2.67. The van der Waals surface area contributed by atoms with Crippen molar-refractivity contribution in [1.29, 1.82) is 0 Å². The van der Waals surface area contributed by atoms with Gasteiger partial charge in [-0.2, -0.15) is 0 Å². The van der Waals surface area contributed by atoms with Crippen molar-refractivity contribution in [3.8, 4) is 0 Å². The fourth-order valence-electron chi connectivity index (χ4n) is 2.67. The molecule has 0 aromatic carbocycles. The minimum Gasteiger partial charge on any atom is -0.370 e. The largest absolute Gasteiger partial charge is 0.370 e. The highest BCUT2D eigenvalue weighted by atomic mass is 16.5. The number of aromatic nitrogens is 2. The van der Waals surface area contributed by atoms with Crippen LogP contribution in [0, 0.1) is 0 Å². The van der Waals surface area contributed by atoms with Gasteiger partial charge < -0.3 is 10.1 Å². The second kappa shape index (κ2) is 5.08. The van der Waals surface area contributed by atoms with Gasteiger partial charge in [0.05, 0.1) is 0 Å². The molecule has 1 aromatic heterocycles. The normalized spacial score (nSPS) is 27.3. The van der Waals surface area contributed by atoms with E-state index in [0.29, 0.717) is 5.92 Å². The predicted octanol–water partition coefficient (Wildman–Crippen LogP) is 3.20. The first-order valence-corrected chi connectivity index (χ1v) is 7.48. The van der Waals surface area contributed by atoms with Crippen molar-refractivity contribution in [2.45, 2.75) is 57.5 Å². The van der Waals surface area contributed by atoms with Gasteiger partial charge in [-0.25, -0.2) is 9.97 Å². The zero-order valence-corrected chi connectivity index (χ0v) is 11.9. The highest BCUT2D eigenvalue weighted by Crippen LogP contribution is 2.41. The summed E-state index contributed by atoms with van der Waals surface area (Å²) >= 11 is 0. The first kappa shape index (κ1) is 12.9. The van der Waals surface area contributed by atoms with Gasteiger partial charge >= 0.3 is 0 Å². The molecular formula is C15H23N3O. The van der Waals surface area contributed by atoms with Gasteiger partial charge in [-0.15, -0.1) is 0 Å². The van der Waals surface area contributed by atoms with E-state index in [4.69, 9.17) is 9.72 Å². The average Bonchev–Trinajstić information content (AvgIpc) is 3.24. The average molecular weight is 261 g/mol. The SMILES string of the molecule is CCNc1cc(C2CC2)nc(C2(C)CCCCO2)n1. The Bertz CT molecular complexity index is 451. The lowest BCUT2D eigenvalue weighted by atomic mass is 9.95. The highest BCUT2D eigenvalue weighted by molar-refractivity contribution is 5.38. The van der Waals surface area contributed by atoms with E-state index in [9.17, 15) is 0 Å². The third kappa shape index (κ3) is 2.73. The van der Waals surface area contributed by atoms with Crippen LogP contribution in [0.15, 0.2) is 6.07 Å². The Morgan fingerprint density at radius 2 is 2.21 bits per heavy atom. The Balaban J connectivity index is 1.94. The van der Waals surface area contributed by atoms with E-state index in [2.05, 4.69) is 30.2 Å². The topological polar surface area (TPSA) is 47.0 Å². The summed E-state index contributed by atoms with van der Waals surface area (Å²) in [5.41, 5.74) is 0.893. The quantitative estimate of drug-likeness (QED) is 0.904. The van der Waals surface area contributed by atoms with Gasteiger partial charge in [0.2, 0.25) is 0 Å². The van der Waals surface area contributed by atoms with E-state index >= 15 is 0 Å². The molecule has 1 aromatic rings. The van der Waals surface area contributed by atoms with E-state index < -0.39 is 0 Å². The Morgan fingerprint density at radius 3 is 2.84 bits per heavy atom. The summed E-state index contributed by atoms with van der Waals surface area (Å²) in [4.78, 5) is 9.48. The molecule has 0 bridgehead atoms. The molecule has 1 aliphatic heterocycles. The number of nitrogens with zero attached hydrogens (tertiary/aromatic N) is 2. The molecule has 2 aliphatic rings. The molecule has 1 aliphatic carbocycles. The lowest BCUT2D eigenvalue weighted by molar-refractivity contribution is -0.0760. The third-order valence-corrected chi connectivity index (χ3v) is 4.04. The van der Waals surface area contributed by atoms with Gasteiger partial charge in [0.25, 0.3) is 0 Å². The van der Waals surface area contributed by atoms with Gasteiger partial charge in [-0.05, 0) is 46.0 Å². The van der Waals surface area contributed by atoms with Crippen molar-refractivity contribution in [3.05, 3.63) is 17.6 Å². The lowest BCUT2D eigenvalue weighted by Gasteiger charge is -2.32. The van der Waals surface area contributed by atoms with Crippen LogP contribution in [-0.4, -0.2) is 23.1 Å². The molecule has 4 heteroatoms. The highest BCUT2D eigenvalue weighted by Gasteiger charge is 2.35. The smallest absolute Gasteiger partial charge is 0.162 e. The van der Waals surface area contributed by atoms with Crippen molar-refractivity contribution < 1.29 is 4.74 Å². The summed E-state index contributed by atoms with van der Waals surface area (Å²) in [6.45, 7) is 5.94. The maximum Gasteiger partial charge on any atom is 0.162 e. The number of anilines is 1. The van der Waals surface area contributed by atoms with E-state index in [1.165, 1.54) is 25.0 Å². The van der Waals surface area contributed by atoms with Crippen molar-refractivity contribution >= 4 is 5.82 Å². The molecule has 1 saturated heterocycles. The molecule has 1 unspecified atom stereocenters. The Kier molecular flexibility index (Phi) is 3.44. The zero-order chi connectivity index (χ0) is 13.3. The maximum absolute atomic E-state index is 5.99. The van der Waals surface area contributed by atoms with Crippen LogP contribution in [0.5, 0.6) is 0 Å². The van der Waals surface area contributed by atoms with Crippen LogP contribution in [0.4, 0.5) is 5.82 Å². The van der Waals surface area contributed by atoms with Gasteiger partial charge in [-0.3, -0.25) is 0 Å². The number of nitrogens with one attached hydrogen (secondary N) is 1.